The van der Waals surface area contributed by atoms with Crippen LogP contribution in [0.2, 0.25) is 0 Å². The highest BCUT2D eigenvalue weighted by Crippen LogP contribution is 2.36. The van der Waals surface area contributed by atoms with Gasteiger partial charge in [-0.05, 0) is 92.3 Å². The monoisotopic (exact) mass is 306 g/mol. The molecule has 0 aliphatic rings. The first kappa shape index (κ1) is 13.6. The topological polar surface area (TPSA) is 0 Å². The fourth-order valence-corrected chi connectivity index (χ4v) is 4.01. The predicted molar refractivity (Wildman–Crippen MR) is 106 cm³/mol. The van der Waals surface area contributed by atoms with Crippen LogP contribution in [0.3, 0.4) is 0 Å². The Hall–Kier alpha value is -2.86. The molecule has 5 aromatic carbocycles. The highest BCUT2D eigenvalue weighted by molar-refractivity contribution is 6.12. The van der Waals surface area contributed by atoms with Crippen molar-refractivity contribution in [3.05, 3.63) is 83.9 Å². The van der Waals surface area contributed by atoms with Gasteiger partial charge in [-0.15, -0.1) is 0 Å². The summed E-state index contributed by atoms with van der Waals surface area (Å²) >= 11 is 0. The summed E-state index contributed by atoms with van der Waals surface area (Å²) < 4.78 is 0. The third-order valence-electron chi connectivity index (χ3n) is 5.39. The Morgan fingerprint density at radius 2 is 0.667 bits per heavy atom. The number of aryl methyl sites for hydroxylation is 2. The number of hydrogen-bond acceptors (Lipinski definition) is 0. The van der Waals surface area contributed by atoms with E-state index in [1.165, 1.54) is 54.2 Å². The Morgan fingerprint density at radius 1 is 0.417 bits per heavy atom. The lowest BCUT2D eigenvalue weighted by Gasteiger charge is -2.14. The molecule has 0 heteroatoms. The van der Waals surface area contributed by atoms with E-state index >= 15 is 0 Å². The van der Waals surface area contributed by atoms with Gasteiger partial charge in [-0.1, -0.05) is 48.5 Å². The number of fused-ring (bicyclic) bond motifs is 4. The highest BCUT2D eigenvalue weighted by atomic mass is 14.1. The van der Waals surface area contributed by atoms with Gasteiger partial charge in [-0.3, -0.25) is 0 Å². The molecule has 0 radical (unpaired) electrons. The zero-order valence-corrected chi connectivity index (χ0v) is 13.9. The SMILES string of the molecule is Cc1c2cc3ccccc3cc2c(C)c2cc3ccccc3cc12. The summed E-state index contributed by atoms with van der Waals surface area (Å²) in [5.41, 5.74) is 2.75. The first-order valence-corrected chi connectivity index (χ1v) is 8.46. The van der Waals surface area contributed by atoms with Gasteiger partial charge in [0, 0.05) is 0 Å². The van der Waals surface area contributed by atoms with Crippen LogP contribution in [-0.2, 0) is 0 Å². The second-order valence-electron chi connectivity index (χ2n) is 6.74. The van der Waals surface area contributed by atoms with Gasteiger partial charge in [0.15, 0.2) is 0 Å². The zero-order chi connectivity index (χ0) is 16.3. The fourth-order valence-electron chi connectivity index (χ4n) is 4.01. The van der Waals surface area contributed by atoms with Gasteiger partial charge < -0.3 is 0 Å². The largest absolute Gasteiger partial charge is 0.0616 e. The molecule has 0 saturated carbocycles. The van der Waals surface area contributed by atoms with Gasteiger partial charge in [0.05, 0.1) is 0 Å². The third-order valence-corrected chi connectivity index (χ3v) is 5.39. The molecule has 0 aliphatic carbocycles. The number of hydrogen-bond donors (Lipinski definition) is 0. The molecule has 24 heavy (non-hydrogen) atoms. The van der Waals surface area contributed by atoms with Crippen molar-refractivity contribution in [2.24, 2.45) is 0 Å². The molecule has 0 atom stereocenters. The Bertz CT molecular complexity index is 1060. The van der Waals surface area contributed by atoms with Crippen molar-refractivity contribution in [1.82, 2.24) is 0 Å². The molecule has 0 nitrogen and oxygen atoms in total. The lowest BCUT2D eigenvalue weighted by molar-refractivity contribution is 1.54. The van der Waals surface area contributed by atoms with Gasteiger partial charge in [-0.25, -0.2) is 0 Å². The lowest BCUT2D eigenvalue weighted by Crippen LogP contribution is -1.89. The van der Waals surface area contributed by atoms with Crippen molar-refractivity contribution in [2.45, 2.75) is 13.8 Å². The van der Waals surface area contributed by atoms with Crippen LogP contribution in [0, 0.1) is 13.8 Å². The van der Waals surface area contributed by atoms with E-state index in [0.29, 0.717) is 0 Å². The molecule has 0 aliphatic heterocycles. The lowest BCUT2D eigenvalue weighted by atomic mass is 9.90. The van der Waals surface area contributed by atoms with Gasteiger partial charge in [0.1, 0.15) is 0 Å². The summed E-state index contributed by atoms with van der Waals surface area (Å²) in [5.74, 6) is 0. The smallest absolute Gasteiger partial charge is 0.0139 e. The third kappa shape index (κ3) is 1.80. The Morgan fingerprint density at radius 3 is 0.917 bits per heavy atom. The first-order valence-electron chi connectivity index (χ1n) is 8.46. The van der Waals surface area contributed by atoms with E-state index in [4.69, 9.17) is 0 Å². The average Bonchev–Trinajstić information content (AvgIpc) is 2.64. The minimum Gasteiger partial charge on any atom is -0.0616 e. The standard InChI is InChI=1S/C24H18/c1-15-21-11-17-7-3-5-9-19(17)13-23(21)16(2)24-14-20-10-6-4-8-18(20)12-22(15)24/h3-14H,1-2H3. The second kappa shape index (κ2) is 4.82. The summed E-state index contributed by atoms with van der Waals surface area (Å²) in [4.78, 5) is 0. The quantitative estimate of drug-likeness (QED) is 0.272. The fraction of sp³-hybridized carbons (Fsp3) is 0.0833. The van der Waals surface area contributed by atoms with E-state index in [1.807, 2.05) is 0 Å². The maximum Gasteiger partial charge on any atom is -0.0139 e. The van der Waals surface area contributed by atoms with Crippen molar-refractivity contribution < 1.29 is 0 Å². The molecule has 0 saturated heterocycles. The van der Waals surface area contributed by atoms with Crippen molar-refractivity contribution >= 4 is 43.1 Å². The van der Waals surface area contributed by atoms with Gasteiger partial charge in [0.25, 0.3) is 0 Å². The molecule has 0 spiro atoms. The normalized spacial score (nSPS) is 11.8. The molecule has 0 aromatic heterocycles. The summed E-state index contributed by atoms with van der Waals surface area (Å²) in [6.45, 7) is 4.52. The molecule has 0 fully saturated rings. The average molecular weight is 306 g/mol. The predicted octanol–water partition coefficient (Wildman–Crippen LogP) is 6.92. The van der Waals surface area contributed by atoms with E-state index in [-0.39, 0.29) is 0 Å². The van der Waals surface area contributed by atoms with Crippen LogP contribution < -0.4 is 0 Å². The van der Waals surface area contributed by atoms with Crippen molar-refractivity contribution in [1.29, 1.82) is 0 Å². The summed E-state index contributed by atoms with van der Waals surface area (Å²) in [7, 11) is 0. The molecule has 5 aromatic rings. The molecule has 0 heterocycles. The number of rotatable bonds is 0. The van der Waals surface area contributed by atoms with E-state index in [0.717, 1.165) is 0 Å². The van der Waals surface area contributed by atoms with Crippen LogP contribution in [0.1, 0.15) is 11.1 Å². The van der Waals surface area contributed by atoms with E-state index in [9.17, 15) is 0 Å². The minimum atomic E-state index is 1.31. The maximum absolute atomic E-state index is 2.35. The van der Waals surface area contributed by atoms with E-state index < -0.39 is 0 Å². The molecular formula is C24H18. The Labute approximate surface area is 141 Å². The first-order chi connectivity index (χ1) is 11.7. The van der Waals surface area contributed by atoms with Crippen molar-refractivity contribution in [3.8, 4) is 0 Å². The molecule has 0 bridgehead atoms. The van der Waals surface area contributed by atoms with E-state index in [1.54, 1.807) is 0 Å². The van der Waals surface area contributed by atoms with Gasteiger partial charge in [-0.2, -0.15) is 0 Å². The minimum absolute atomic E-state index is 1.31. The van der Waals surface area contributed by atoms with E-state index in [2.05, 4.69) is 86.6 Å². The summed E-state index contributed by atoms with van der Waals surface area (Å²) in [6.07, 6.45) is 0. The van der Waals surface area contributed by atoms with Gasteiger partial charge in [0.2, 0.25) is 0 Å². The number of benzene rings is 5. The van der Waals surface area contributed by atoms with Crippen LogP contribution >= 0.6 is 0 Å². The van der Waals surface area contributed by atoms with Crippen molar-refractivity contribution in [3.63, 3.8) is 0 Å². The van der Waals surface area contributed by atoms with Crippen molar-refractivity contribution in [2.75, 3.05) is 0 Å². The van der Waals surface area contributed by atoms with Crippen LogP contribution in [0.4, 0.5) is 0 Å². The maximum atomic E-state index is 2.35. The van der Waals surface area contributed by atoms with Crippen LogP contribution in [0.15, 0.2) is 72.8 Å². The molecule has 0 N–H and O–H groups in total. The Balaban J connectivity index is 2.04. The molecule has 0 unspecified atom stereocenters. The van der Waals surface area contributed by atoms with Crippen LogP contribution in [0.25, 0.3) is 43.1 Å². The molecule has 114 valence electrons. The highest BCUT2D eigenvalue weighted by Gasteiger charge is 2.11. The summed E-state index contributed by atoms with van der Waals surface area (Å²) in [5, 5.41) is 10.7. The molecule has 0 amide bonds. The molecule has 5 rings (SSSR count). The second-order valence-corrected chi connectivity index (χ2v) is 6.74. The zero-order valence-electron chi connectivity index (χ0n) is 13.9. The van der Waals surface area contributed by atoms with Crippen LogP contribution in [-0.4, -0.2) is 0 Å². The summed E-state index contributed by atoms with van der Waals surface area (Å²) in [6, 6.07) is 26.7. The van der Waals surface area contributed by atoms with Crippen LogP contribution in [0.5, 0.6) is 0 Å². The molecular weight excluding hydrogens is 288 g/mol. The Kier molecular flexibility index (Phi) is 2.72. The van der Waals surface area contributed by atoms with Gasteiger partial charge >= 0.3 is 0 Å².